The number of benzene rings is 1. The Bertz CT molecular complexity index is 193. The molecule has 0 bridgehead atoms. The summed E-state index contributed by atoms with van der Waals surface area (Å²) in [4.78, 5) is 0. The van der Waals surface area contributed by atoms with E-state index in [1.54, 1.807) is 0 Å². The van der Waals surface area contributed by atoms with Gasteiger partial charge in [0.1, 0.15) is 7.85 Å². The zero-order valence-electron chi connectivity index (χ0n) is 6.42. The Hall–Kier alpha value is -0.365. The Morgan fingerprint density at radius 1 is 1.30 bits per heavy atom. The molecule has 0 amide bonds. The van der Waals surface area contributed by atoms with Crippen molar-refractivity contribution >= 4 is 25.1 Å². The van der Waals surface area contributed by atoms with E-state index >= 15 is 0 Å². The SMILES string of the molecule is Bc1ccc(CSC)cc1. The van der Waals surface area contributed by atoms with Crippen LogP contribution < -0.4 is 5.46 Å². The highest BCUT2D eigenvalue weighted by molar-refractivity contribution is 7.97. The first-order valence-electron chi connectivity index (χ1n) is 3.37. The minimum absolute atomic E-state index is 1.13. The largest absolute Gasteiger partial charge is 0.161 e. The van der Waals surface area contributed by atoms with Crippen molar-refractivity contribution in [3.8, 4) is 0 Å². The third-order valence-corrected chi connectivity index (χ3v) is 2.05. The molecule has 0 unspecified atom stereocenters. The smallest absolute Gasteiger partial charge is 0.139 e. The zero-order valence-corrected chi connectivity index (χ0v) is 7.24. The summed E-state index contributed by atoms with van der Waals surface area (Å²) in [5.41, 5.74) is 2.75. The monoisotopic (exact) mass is 150 g/mol. The second-order valence-electron chi connectivity index (χ2n) is 2.42. The highest BCUT2D eigenvalue weighted by Crippen LogP contribution is 2.06. The lowest BCUT2D eigenvalue weighted by Crippen LogP contribution is -1.99. The summed E-state index contributed by atoms with van der Waals surface area (Å²) < 4.78 is 0. The van der Waals surface area contributed by atoms with Crippen LogP contribution >= 0.6 is 11.8 Å². The van der Waals surface area contributed by atoms with Crippen molar-refractivity contribution in [3.05, 3.63) is 29.8 Å². The molecule has 0 saturated carbocycles. The molecule has 0 saturated heterocycles. The second kappa shape index (κ2) is 3.72. The minimum atomic E-state index is 1.13. The highest BCUT2D eigenvalue weighted by atomic mass is 32.2. The zero-order chi connectivity index (χ0) is 7.40. The van der Waals surface area contributed by atoms with Crippen molar-refractivity contribution in [3.63, 3.8) is 0 Å². The highest BCUT2D eigenvalue weighted by Gasteiger charge is 1.88. The second-order valence-corrected chi connectivity index (χ2v) is 3.28. The van der Waals surface area contributed by atoms with Crippen LogP contribution in [0.25, 0.3) is 0 Å². The molecule has 0 aliphatic rings. The van der Waals surface area contributed by atoms with Crippen molar-refractivity contribution in [1.29, 1.82) is 0 Å². The van der Waals surface area contributed by atoms with Gasteiger partial charge in [0, 0.05) is 5.75 Å². The Kier molecular flexibility index (Phi) is 2.88. The molecule has 0 aromatic heterocycles. The fraction of sp³-hybridized carbons (Fsp3) is 0.250. The normalized spacial score (nSPS) is 9.70. The van der Waals surface area contributed by atoms with E-state index in [0.29, 0.717) is 0 Å². The average molecular weight is 150 g/mol. The van der Waals surface area contributed by atoms with Crippen molar-refractivity contribution < 1.29 is 0 Å². The fourth-order valence-corrected chi connectivity index (χ4v) is 1.38. The van der Waals surface area contributed by atoms with Gasteiger partial charge in [0.05, 0.1) is 0 Å². The predicted octanol–water partition coefficient (Wildman–Crippen LogP) is 0.808. The van der Waals surface area contributed by atoms with Crippen LogP contribution in [0, 0.1) is 0 Å². The van der Waals surface area contributed by atoms with Gasteiger partial charge in [-0.2, -0.15) is 11.8 Å². The van der Waals surface area contributed by atoms with Crippen LogP contribution in [0.3, 0.4) is 0 Å². The van der Waals surface area contributed by atoms with Crippen LogP contribution in [-0.2, 0) is 5.75 Å². The van der Waals surface area contributed by atoms with Crippen LogP contribution in [0.2, 0.25) is 0 Å². The van der Waals surface area contributed by atoms with Gasteiger partial charge in [0.2, 0.25) is 0 Å². The maximum atomic E-state index is 2.19. The topological polar surface area (TPSA) is 0 Å². The van der Waals surface area contributed by atoms with Crippen LogP contribution in [0.1, 0.15) is 5.56 Å². The van der Waals surface area contributed by atoms with Crippen molar-refractivity contribution in [1.82, 2.24) is 0 Å². The molecule has 1 aromatic rings. The van der Waals surface area contributed by atoms with Crippen molar-refractivity contribution in [2.24, 2.45) is 0 Å². The molecule has 0 atom stereocenters. The van der Waals surface area contributed by atoms with Gasteiger partial charge in [0.15, 0.2) is 0 Å². The van der Waals surface area contributed by atoms with Gasteiger partial charge in [-0.05, 0) is 11.8 Å². The maximum absolute atomic E-state index is 2.19. The summed E-state index contributed by atoms with van der Waals surface area (Å²) in [6.45, 7) is 0. The molecule has 52 valence electrons. The van der Waals surface area contributed by atoms with E-state index in [-0.39, 0.29) is 0 Å². The number of hydrogen-bond acceptors (Lipinski definition) is 1. The molecule has 0 heterocycles. The van der Waals surface area contributed by atoms with Gasteiger partial charge in [-0.25, -0.2) is 0 Å². The van der Waals surface area contributed by atoms with Crippen LogP contribution in [0.5, 0.6) is 0 Å². The van der Waals surface area contributed by atoms with Gasteiger partial charge < -0.3 is 0 Å². The predicted molar refractivity (Wildman–Crippen MR) is 51.8 cm³/mol. The summed E-state index contributed by atoms with van der Waals surface area (Å²) in [6.07, 6.45) is 2.12. The van der Waals surface area contributed by atoms with Crippen molar-refractivity contribution in [2.75, 3.05) is 6.26 Å². The minimum Gasteiger partial charge on any atom is -0.161 e. The van der Waals surface area contributed by atoms with E-state index < -0.39 is 0 Å². The Morgan fingerprint density at radius 2 is 1.90 bits per heavy atom. The molecule has 0 aliphatic carbocycles. The Labute approximate surface area is 67.4 Å². The lowest BCUT2D eigenvalue weighted by atomic mass is 9.96. The van der Waals surface area contributed by atoms with E-state index in [4.69, 9.17) is 0 Å². The summed E-state index contributed by atoms with van der Waals surface area (Å²) in [6, 6.07) is 8.69. The molecule has 1 aromatic carbocycles. The summed E-state index contributed by atoms with van der Waals surface area (Å²) in [5.74, 6) is 1.13. The molecule has 0 radical (unpaired) electrons. The molecule has 1 rings (SSSR count). The Balaban J connectivity index is 2.69. The third-order valence-electron chi connectivity index (χ3n) is 1.43. The van der Waals surface area contributed by atoms with Gasteiger partial charge in [0.25, 0.3) is 0 Å². The first-order chi connectivity index (χ1) is 4.83. The van der Waals surface area contributed by atoms with Gasteiger partial charge >= 0.3 is 0 Å². The molecule has 10 heavy (non-hydrogen) atoms. The molecule has 0 nitrogen and oxygen atoms in total. The first kappa shape index (κ1) is 7.74. The van der Waals surface area contributed by atoms with E-state index in [1.165, 1.54) is 11.0 Å². The van der Waals surface area contributed by atoms with Crippen LogP contribution in [0.4, 0.5) is 0 Å². The fourth-order valence-electron chi connectivity index (χ4n) is 0.851. The van der Waals surface area contributed by atoms with E-state index in [1.807, 2.05) is 11.8 Å². The molecular weight excluding hydrogens is 139 g/mol. The lowest BCUT2D eigenvalue weighted by molar-refractivity contribution is 1.43. The maximum Gasteiger partial charge on any atom is 0.139 e. The van der Waals surface area contributed by atoms with E-state index in [9.17, 15) is 0 Å². The van der Waals surface area contributed by atoms with Crippen LogP contribution in [0.15, 0.2) is 24.3 Å². The summed E-state index contributed by atoms with van der Waals surface area (Å²) in [7, 11) is 2.11. The molecule has 2 heteroatoms. The Morgan fingerprint density at radius 3 is 2.40 bits per heavy atom. The summed E-state index contributed by atoms with van der Waals surface area (Å²) >= 11 is 1.86. The third kappa shape index (κ3) is 2.11. The average Bonchev–Trinajstić information content (AvgIpc) is 1.95. The summed E-state index contributed by atoms with van der Waals surface area (Å²) in [5, 5.41) is 0. The molecule has 0 aliphatic heterocycles. The number of thioether (sulfide) groups is 1. The van der Waals surface area contributed by atoms with E-state index in [2.05, 4.69) is 38.4 Å². The quantitative estimate of drug-likeness (QED) is 0.562. The van der Waals surface area contributed by atoms with Gasteiger partial charge in [-0.1, -0.05) is 29.7 Å². The lowest BCUT2D eigenvalue weighted by Gasteiger charge is -1.97. The van der Waals surface area contributed by atoms with Gasteiger partial charge in [-0.15, -0.1) is 0 Å². The molecule has 0 N–H and O–H groups in total. The first-order valence-corrected chi connectivity index (χ1v) is 4.77. The molecule has 0 fully saturated rings. The van der Waals surface area contributed by atoms with Gasteiger partial charge in [-0.3, -0.25) is 0 Å². The number of rotatable bonds is 2. The van der Waals surface area contributed by atoms with E-state index in [0.717, 1.165) is 5.75 Å². The standard InChI is InChI=1S/C8H11BS/c1-10-6-7-2-4-8(9)5-3-7/h2-5H,6,9H2,1H3. The molecular formula is C8H11BS. The number of hydrogen-bond donors (Lipinski definition) is 0. The molecule has 0 spiro atoms. The van der Waals surface area contributed by atoms with Crippen LogP contribution in [-0.4, -0.2) is 14.1 Å². The van der Waals surface area contributed by atoms with Crippen molar-refractivity contribution in [2.45, 2.75) is 5.75 Å².